The van der Waals surface area contributed by atoms with Crippen molar-refractivity contribution in [1.82, 2.24) is 10.2 Å². The summed E-state index contributed by atoms with van der Waals surface area (Å²) < 4.78 is 0. The summed E-state index contributed by atoms with van der Waals surface area (Å²) in [5.41, 5.74) is 6.35. The van der Waals surface area contributed by atoms with Gasteiger partial charge >= 0.3 is 0 Å². The van der Waals surface area contributed by atoms with Gasteiger partial charge in [-0.1, -0.05) is 26.7 Å². The molecule has 18 heavy (non-hydrogen) atoms. The van der Waals surface area contributed by atoms with Crippen LogP contribution >= 0.6 is 0 Å². The molecule has 2 aliphatic heterocycles. The van der Waals surface area contributed by atoms with Crippen LogP contribution < -0.4 is 11.1 Å². The number of hydrogen-bond acceptors (Lipinski definition) is 3. The molecule has 0 saturated carbocycles. The predicted octanol–water partition coefficient (Wildman–Crippen LogP) is 1.97. The number of nitrogens with two attached hydrogens (primary N) is 1. The van der Waals surface area contributed by atoms with E-state index in [1.54, 1.807) is 0 Å². The fourth-order valence-electron chi connectivity index (χ4n) is 3.89. The van der Waals surface area contributed by atoms with Gasteiger partial charge in [0.2, 0.25) is 0 Å². The second kappa shape index (κ2) is 5.89. The fourth-order valence-corrected chi connectivity index (χ4v) is 3.89. The van der Waals surface area contributed by atoms with E-state index < -0.39 is 0 Å². The second-order valence-electron chi connectivity index (χ2n) is 6.51. The standard InChI is InChI=1S/C15H31N3/c1-4-12(5-2)10-17-15(11-16)8-13-6-7-14(9-15)18(13)3/h12-14,17H,4-11,16H2,1-3H3. The minimum absolute atomic E-state index is 0.223. The molecule has 0 aromatic heterocycles. The van der Waals surface area contributed by atoms with Crippen LogP contribution in [0.2, 0.25) is 0 Å². The van der Waals surface area contributed by atoms with E-state index in [-0.39, 0.29) is 5.54 Å². The lowest BCUT2D eigenvalue weighted by Gasteiger charge is -2.46. The first-order valence-corrected chi connectivity index (χ1v) is 7.81. The lowest BCUT2D eigenvalue weighted by Crippen LogP contribution is -2.61. The SMILES string of the molecule is CCC(CC)CNC1(CN)CC2CCC(C1)N2C. The van der Waals surface area contributed by atoms with Crippen LogP contribution in [0.4, 0.5) is 0 Å². The Morgan fingerprint density at radius 2 is 1.78 bits per heavy atom. The molecule has 0 spiro atoms. The van der Waals surface area contributed by atoms with Gasteiger partial charge in [-0.05, 0) is 45.2 Å². The highest BCUT2D eigenvalue weighted by molar-refractivity contribution is 5.05. The average molecular weight is 253 g/mol. The third-order valence-electron chi connectivity index (χ3n) is 5.55. The molecule has 3 nitrogen and oxygen atoms in total. The molecule has 2 bridgehead atoms. The highest BCUT2D eigenvalue weighted by atomic mass is 15.2. The smallest absolute Gasteiger partial charge is 0.0333 e. The number of fused-ring (bicyclic) bond motifs is 2. The van der Waals surface area contributed by atoms with Gasteiger partial charge in [-0.3, -0.25) is 0 Å². The maximum atomic E-state index is 6.12. The topological polar surface area (TPSA) is 41.3 Å². The molecule has 2 atom stereocenters. The van der Waals surface area contributed by atoms with Crippen molar-refractivity contribution in [3.8, 4) is 0 Å². The largest absolute Gasteiger partial charge is 0.329 e. The summed E-state index contributed by atoms with van der Waals surface area (Å²) in [6.07, 6.45) is 7.78. The Morgan fingerprint density at radius 3 is 2.22 bits per heavy atom. The van der Waals surface area contributed by atoms with Crippen LogP contribution in [0.1, 0.15) is 52.4 Å². The molecule has 0 aromatic rings. The third-order valence-corrected chi connectivity index (χ3v) is 5.55. The molecule has 3 heteroatoms. The minimum atomic E-state index is 0.223. The van der Waals surface area contributed by atoms with Crippen LogP contribution in [0.3, 0.4) is 0 Å². The monoisotopic (exact) mass is 253 g/mol. The summed E-state index contributed by atoms with van der Waals surface area (Å²) in [4.78, 5) is 2.59. The summed E-state index contributed by atoms with van der Waals surface area (Å²) >= 11 is 0. The van der Waals surface area contributed by atoms with Crippen molar-refractivity contribution in [2.75, 3.05) is 20.1 Å². The molecular weight excluding hydrogens is 222 g/mol. The van der Waals surface area contributed by atoms with Gasteiger partial charge in [0.05, 0.1) is 0 Å². The van der Waals surface area contributed by atoms with E-state index in [9.17, 15) is 0 Å². The first-order chi connectivity index (χ1) is 8.64. The highest BCUT2D eigenvalue weighted by Gasteiger charge is 2.45. The minimum Gasteiger partial charge on any atom is -0.329 e. The molecule has 0 aromatic carbocycles. The number of hydrogen-bond donors (Lipinski definition) is 2. The van der Waals surface area contributed by atoms with E-state index in [1.807, 2.05) is 0 Å². The molecule has 0 aliphatic carbocycles. The summed E-state index contributed by atoms with van der Waals surface area (Å²) in [7, 11) is 2.30. The molecule has 3 N–H and O–H groups in total. The molecule has 2 unspecified atom stereocenters. The molecule has 0 radical (unpaired) electrons. The van der Waals surface area contributed by atoms with Crippen molar-refractivity contribution in [3.05, 3.63) is 0 Å². The van der Waals surface area contributed by atoms with Crippen LogP contribution in [0.25, 0.3) is 0 Å². The molecule has 0 amide bonds. The van der Waals surface area contributed by atoms with Crippen LogP contribution in [-0.4, -0.2) is 42.7 Å². The maximum absolute atomic E-state index is 6.12. The Morgan fingerprint density at radius 1 is 1.22 bits per heavy atom. The first kappa shape index (κ1) is 14.3. The molecule has 2 heterocycles. The van der Waals surface area contributed by atoms with Gasteiger partial charge in [0.15, 0.2) is 0 Å². The zero-order valence-electron chi connectivity index (χ0n) is 12.4. The van der Waals surface area contributed by atoms with Gasteiger partial charge in [-0.25, -0.2) is 0 Å². The molecular formula is C15H31N3. The van der Waals surface area contributed by atoms with Crippen LogP contribution in [-0.2, 0) is 0 Å². The van der Waals surface area contributed by atoms with Gasteiger partial charge < -0.3 is 16.0 Å². The summed E-state index contributed by atoms with van der Waals surface area (Å²) in [6.45, 7) is 6.54. The van der Waals surface area contributed by atoms with Gasteiger partial charge in [0.1, 0.15) is 0 Å². The Labute approximate surface area is 112 Å². The van der Waals surface area contributed by atoms with Gasteiger partial charge in [0.25, 0.3) is 0 Å². The Kier molecular flexibility index (Phi) is 4.68. The zero-order chi connectivity index (χ0) is 13.2. The van der Waals surface area contributed by atoms with E-state index >= 15 is 0 Å². The van der Waals surface area contributed by atoms with Crippen molar-refractivity contribution in [3.63, 3.8) is 0 Å². The van der Waals surface area contributed by atoms with Crippen molar-refractivity contribution in [1.29, 1.82) is 0 Å². The highest BCUT2D eigenvalue weighted by Crippen LogP contribution is 2.39. The van der Waals surface area contributed by atoms with E-state index in [4.69, 9.17) is 5.73 Å². The van der Waals surface area contributed by atoms with Crippen molar-refractivity contribution in [2.24, 2.45) is 11.7 Å². The lowest BCUT2D eigenvalue weighted by molar-refractivity contribution is 0.0912. The molecule has 2 fully saturated rings. The molecule has 2 rings (SSSR count). The van der Waals surface area contributed by atoms with Crippen molar-refractivity contribution >= 4 is 0 Å². The first-order valence-electron chi connectivity index (χ1n) is 7.81. The predicted molar refractivity (Wildman–Crippen MR) is 77.7 cm³/mol. The second-order valence-corrected chi connectivity index (χ2v) is 6.51. The lowest BCUT2D eigenvalue weighted by atomic mass is 9.82. The zero-order valence-corrected chi connectivity index (χ0v) is 12.4. The molecule has 2 aliphatic rings. The van der Waals surface area contributed by atoms with Gasteiger partial charge in [0, 0.05) is 24.2 Å². The Bertz CT molecular complexity index is 248. The number of nitrogens with one attached hydrogen (secondary N) is 1. The van der Waals surface area contributed by atoms with E-state index in [0.717, 1.165) is 31.1 Å². The van der Waals surface area contributed by atoms with E-state index in [1.165, 1.54) is 38.5 Å². The third kappa shape index (κ3) is 2.73. The van der Waals surface area contributed by atoms with E-state index in [0.29, 0.717) is 0 Å². The number of nitrogens with zero attached hydrogens (tertiary/aromatic N) is 1. The number of rotatable bonds is 6. The average Bonchev–Trinajstić information content (AvgIpc) is 2.64. The Balaban J connectivity index is 1.95. The summed E-state index contributed by atoms with van der Waals surface area (Å²) in [6, 6.07) is 1.53. The van der Waals surface area contributed by atoms with Gasteiger partial charge in [-0.15, -0.1) is 0 Å². The maximum Gasteiger partial charge on any atom is 0.0333 e. The van der Waals surface area contributed by atoms with Crippen molar-refractivity contribution < 1.29 is 0 Å². The Hall–Kier alpha value is -0.120. The van der Waals surface area contributed by atoms with Crippen LogP contribution in [0, 0.1) is 5.92 Å². The normalized spacial score (nSPS) is 36.5. The molecule has 2 saturated heterocycles. The van der Waals surface area contributed by atoms with Crippen LogP contribution in [0.5, 0.6) is 0 Å². The molecule has 106 valence electrons. The van der Waals surface area contributed by atoms with Crippen LogP contribution in [0.15, 0.2) is 0 Å². The number of piperidine rings is 1. The fraction of sp³-hybridized carbons (Fsp3) is 1.00. The van der Waals surface area contributed by atoms with Crippen molar-refractivity contribution in [2.45, 2.75) is 70.0 Å². The van der Waals surface area contributed by atoms with Gasteiger partial charge in [-0.2, -0.15) is 0 Å². The quantitative estimate of drug-likeness (QED) is 0.760. The summed E-state index contributed by atoms with van der Waals surface area (Å²) in [5.74, 6) is 0.811. The van der Waals surface area contributed by atoms with E-state index in [2.05, 4.69) is 31.1 Å². The summed E-state index contributed by atoms with van der Waals surface area (Å²) in [5, 5.41) is 3.86.